The second-order valence-electron chi connectivity index (χ2n) is 5.52. The third-order valence-electron chi connectivity index (χ3n) is 4.20. The van der Waals surface area contributed by atoms with Crippen LogP contribution in [0.1, 0.15) is 24.8 Å². The van der Waals surface area contributed by atoms with Gasteiger partial charge < -0.3 is 5.32 Å². The minimum absolute atomic E-state index is 0.141. The molecule has 2 aromatic rings. The van der Waals surface area contributed by atoms with Gasteiger partial charge in [0.05, 0.1) is 11.1 Å². The van der Waals surface area contributed by atoms with Gasteiger partial charge in [0.1, 0.15) is 5.82 Å². The summed E-state index contributed by atoms with van der Waals surface area (Å²) in [5.74, 6) is -0.747. The van der Waals surface area contributed by atoms with E-state index in [0.717, 1.165) is 24.8 Å². The monoisotopic (exact) mass is 337 g/mol. The zero-order chi connectivity index (χ0) is 15.7. The van der Waals surface area contributed by atoms with Crippen LogP contribution in [0.3, 0.4) is 0 Å². The van der Waals surface area contributed by atoms with Crippen LogP contribution < -0.4 is 5.32 Å². The summed E-state index contributed by atoms with van der Waals surface area (Å²) in [5, 5.41) is 3.57. The summed E-state index contributed by atoms with van der Waals surface area (Å²) in [4.78, 5) is 12.7. The van der Waals surface area contributed by atoms with Gasteiger partial charge in [0.25, 0.3) is 0 Å². The fourth-order valence-electron chi connectivity index (χ4n) is 2.80. The van der Waals surface area contributed by atoms with Crippen molar-refractivity contribution in [2.24, 2.45) is 0 Å². The molecule has 0 aliphatic heterocycles. The third-order valence-corrected chi connectivity index (χ3v) is 4.67. The van der Waals surface area contributed by atoms with Crippen molar-refractivity contribution in [2.45, 2.75) is 24.7 Å². The highest BCUT2D eigenvalue weighted by molar-refractivity contribution is 6.31. The number of halogens is 3. The van der Waals surface area contributed by atoms with Crippen LogP contribution >= 0.6 is 23.2 Å². The van der Waals surface area contributed by atoms with E-state index in [1.807, 2.05) is 12.1 Å². The SMILES string of the molecule is O=C(Nc1ccc(Cl)cc1F)C1(c2cccc(Cl)c2)CCC1. The molecule has 0 bridgehead atoms. The molecule has 0 heterocycles. The van der Waals surface area contributed by atoms with E-state index < -0.39 is 11.2 Å². The summed E-state index contributed by atoms with van der Waals surface area (Å²) in [7, 11) is 0. The molecule has 114 valence electrons. The predicted molar refractivity (Wildman–Crippen MR) is 87.0 cm³/mol. The van der Waals surface area contributed by atoms with Crippen molar-refractivity contribution in [3.63, 3.8) is 0 Å². The van der Waals surface area contributed by atoms with Crippen LogP contribution in [0.25, 0.3) is 0 Å². The Morgan fingerprint density at radius 1 is 1.09 bits per heavy atom. The molecule has 0 saturated heterocycles. The number of hydrogen-bond donors (Lipinski definition) is 1. The van der Waals surface area contributed by atoms with Gasteiger partial charge in [-0.3, -0.25) is 4.79 Å². The van der Waals surface area contributed by atoms with Gasteiger partial charge in [-0.25, -0.2) is 4.39 Å². The van der Waals surface area contributed by atoms with E-state index in [0.29, 0.717) is 10.0 Å². The average molecular weight is 338 g/mol. The van der Waals surface area contributed by atoms with Gasteiger partial charge in [0, 0.05) is 10.0 Å². The van der Waals surface area contributed by atoms with E-state index >= 15 is 0 Å². The number of amides is 1. The number of benzene rings is 2. The molecule has 0 radical (unpaired) electrons. The first-order valence-corrected chi connectivity index (χ1v) is 7.79. The Morgan fingerprint density at radius 3 is 2.41 bits per heavy atom. The number of anilines is 1. The quantitative estimate of drug-likeness (QED) is 0.819. The first-order valence-electron chi connectivity index (χ1n) is 7.04. The first-order chi connectivity index (χ1) is 10.5. The van der Waals surface area contributed by atoms with E-state index in [9.17, 15) is 9.18 Å². The number of nitrogens with one attached hydrogen (secondary N) is 1. The fraction of sp³-hybridized carbons (Fsp3) is 0.235. The van der Waals surface area contributed by atoms with Crippen LogP contribution in [0, 0.1) is 5.82 Å². The van der Waals surface area contributed by atoms with Crippen LogP contribution in [-0.2, 0) is 10.2 Å². The molecule has 1 saturated carbocycles. The van der Waals surface area contributed by atoms with E-state index in [1.54, 1.807) is 18.2 Å². The number of carbonyl (C=O) groups is 1. The molecule has 1 N–H and O–H groups in total. The lowest BCUT2D eigenvalue weighted by Crippen LogP contribution is -2.46. The van der Waals surface area contributed by atoms with Crippen molar-refractivity contribution < 1.29 is 9.18 Å². The largest absolute Gasteiger partial charge is 0.323 e. The maximum Gasteiger partial charge on any atom is 0.235 e. The molecular weight excluding hydrogens is 324 g/mol. The summed E-state index contributed by atoms with van der Waals surface area (Å²) in [6.45, 7) is 0. The van der Waals surface area contributed by atoms with Gasteiger partial charge in [-0.15, -0.1) is 0 Å². The summed E-state index contributed by atoms with van der Waals surface area (Å²) in [6, 6.07) is 11.5. The standard InChI is InChI=1S/C17H14Cl2FNO/c18-12-4-1-3-11(9-12)17(7-2-8-17)16(22)21-15-6-5-13(19)10-14(15)20/h1,3-6,9-10H,2,7-8H2,(H,21,22). The highest BCUT2D eigenvalue weighted by atomic mass is 35.5. The predicted octanol–water partition coefficient (Wildman–Crippen LogP) is 5.19. The van der Waals surface area contributed by atoms with Crippen LogP contribution in [0.4, 0.5) is 10.1 Å². The molecule has 1 amide bonds. The lowest BCUT2D eigenvalue weighted by atomic mass is 9.64. The smallest absolute Gasteiger partial charge is 0.235 e. The zero-order valence-electron chi connectivity index (χ0n) is 11.7. The van der Waals surface area contributed by atoms with Gasteiger partial charge >= 0.3 is 0 Å². The minimum Gasteiger partial charge on any atom is -0.323 e. The minimum atomic E-state index is -0.628. The lowest BCUT2D eigenvalue weighted by molar-refractivity contribution is -0.124. The molecule has 3 rings (SSSR count). The van der Waals surface area contributed by atoms with Gasteiger partial charge in [0.2, 0.25) is 5.91 Å². The van der Waals surface area contributed by atoms with Crippen molar-refractivity contribution in [1.82, 2.24) is 0 Å². The highest BCUT2D eigenvalue weighted by Crippen LogP contribution is 2.45. The molecule has 22 heavy (non-hydrogen) atoms. The summed E-state index contributed by atoms with van der Waals surface area (Å²) in [5.41, 5.74) is 0.387. The fourth-order valence-corrected chi connectivity index (χ4v) is 3.15. The normalized spacial score (nSPS) is 16.0. The van der Waals surface area contributed by atoms with E-state index in [2.05, 4.69) is 5.32 Å². The molecule has 0 atom stereocenters. The van der Waals surface area contributed by atoms with Gasteiger partial charge in [0.15, 0.2) is 0 Å². The number of carbonyl (C=O) groups excluding carboxylic acids is 1. The lowest BCUT2D eigenvalue weighted by Gasteiger charge is -2.40. The summed E-state index contributed by atoms with van der Waals surface area (Å²) >= 11 is 11.8. The number of hydrogen-bond acceptors (Lipinski definition) is 1. The second kappa shape index (κ2) is 5.90. The van der Waals surface area contributed by atoms with Crippen molar-refractivity contribution in [2.75, 3.05) is 5.32 Å². The molecule has 0 unspecified atom stereocenters. The molecule has 1 aliphatic rings. The second-order valence-corrected chi connectivity index (χ2v) is 6.40. The summed E-state index contributed by atoms with van der Waals surface area (Å²) < 4.78 is 13.9. The molecule has 0 aromatic heterocycles. The Balaban J connectivity index is 1.89. The third kappa shape index (κ3) is 2.71. The van der Waals surface area contributed by atoms with Crippen molar-refractivity contribution >= 4 is 34.8 Å². The van der Waals surface area contributed by atoms with Gasteiger partial charge in [-0.1, -0.05) is 41.8 Å². The molecular formula is C17H14Cl2FNO. The van der Waals surface area contributed by atoms with Crippen molar-refractivity contribution in [3.8, 4) is 0 Å². The van der Waals surface area contributed by atoms with Crippen molar-refractivity contribution in [3.05, 3.63) is 63.9 Å². The maximum absolute atomic E-state index is 13.9. The Morgan fingerprint density at radius 2 is 1.82 bits per heavy atom. The Bertz CT molecular complexity index is 728. The highest BCUT2D eigenvalue weighted by Gasteiger charge is 2.45. The molecule has 1 fully saturated rings. The average Bonchev–Trinajstić information content (AvgIpc) is 2.41. The van der Waals surface area contributed by atoms with E-state index in [1.165, 1.54) is 12.1 Å². The summed E-state index contributed by atoms with van der Waals surface area (Å²) in [6.07, 6.45) is 2.42. The topological polar surface area (TPSA) is 29.1 Å². The molecule has 5 heteroatoms. The Labute approximate surface area is 138 Å². The maximum atomic E-state index is 13.9. The van der Waals surface area contributed by atoms with Gasteiger partial charge in [-0.05, 0) is 48.7 Å². The Hall–Kier alpha value is -1.58. The molecule has 2 nitrogen and oxygen atoms in total. The van der Waals surface area contributed by atoms with E-state index in [4.69, 9.17) is 23.2 Å². The van der Waals surface area contributed by atoms with Crippen LogP contribution in [0.15, 0.2) is 42.5 Å². The van der Waals surface area contributed by atoms with Crippen molar-refractivity contribution in [1.29, 1.82) is 0 Å². The van der Waals surface area contributed by atoms with Crippen LogP contribution in [0.2, 0.25) is 10.0 Å². The molecule has 0 spiro atoms. The molecule has 1 aliphatic carbocycles. The van der Waals surface area contributed by atoms with Crippen LogP contribution in [-0.4, -0.2) is 5.91 Å². The first kappa shape index (κ1) is 15.3. The van der Waals surface area contributed by atoms with Gasteiger partial charge in [-0.2, -0.15) is 0 Å². The van der Waals surface area contributed by atoms with E-state index in [-0.39, 0.29) is 11.6 Å². The zero-order valence-corrected chi connectivity index (χ0v) is 13.2. The Kier molecular flexibility index (Phi) is 4.11. The van der Waals surface area contributed by atoms with Crippen LogP contribution in [0.5, 0.6) is 0 Å². The number of rotatable bonds is 3. The molecule has 2 aromatic carbocycles.